The van der Waals surface area contributed by atoms with Crippen LogP contribution < -0.4 is 10.6 Å². The fraction of sp³-hybridized carbons (Fsp3) is 0.778. The smallest absolute Gasteiger partial charge is 0.315 e. The summed E-state index contributed by atoms with van der Waals surface area (Å²) in [6.07, 6.45) is 16.4. The maximum Gasteiger partial charge on any atom is 0.315 e. The van der Waals surface area contributed by atoms with E-state index in [9.17, 15) is 13.6 Å². The minimum atomic E-state index is -1.92. The Bertz CT molecular complexity index is 788. The largest absolute Gasteiger partial charge is 0.379 e. The normalized spacial score (nSPS) is 18.6. The van der Waals surface area contributed by atoms with Crippen molar-refractivity contribution in [1.29, 1.82) is 0 Å². The minimum Gasteiger partial charge on any atom is -0.379 e. The van der Waals surface area contributed by atoms with Crippen molar-refractivity contribution in [3.8, 4) is 0 Å². The molecule has 2 fully saturated rings. The minimum absolute atomic E-state index is 0.113. The molecule has 1 unspecified atom stereocenters. The number of pyridine rings is 1. The molecule has 10 heteroatoms. The Hall–Kier alpha value is -1.59. The van der Waals surface area contributed by atoms with Crippen molar-refractivity contribution in [2.45, 2.75) is 89.1 Å². The lowest BCUT2D eigenvalue weighted by atomic mass is 9.89. The van der Waals surface area contributed by atoms with E-state index in [2.05, 4.69) is 20.5 Å². The van der Waals surface area contributed by atoms with E-state index < -0.39 is 11.3 Å². The Morgan fingerprint density at radius 3 is 2.51 bits per heavy atom. The molecular weight excluding hydrogens is 490 g/mol. The monoisotopic (exact) mass is 537 g/mol. The summed E-state index contributed by atoms with van der Waals surface area (Å²) in [5.74, 6) is 0. The molecule has 1 atom stereocenters. The van der Waals surface area contributed by atoms with E-state index in [4.69, 9.17) is 4.74 Å². The average Bonchev–Trinajstić information content (AvgIpc) is 3.39. The summed E-state index contributed by atoms with van der Waals surface area (Å²) < 4.78 is 29.8. The van der Waals surface area contributed by atoms with E-state index in [0.717, 1.165) is 109 Å². The van der Waals surface area contributed by atoms with Gasteiger partial charge in [0.25, 0.3) is 0 Å². The van der Waals surface area contributed by atoms with Crippen LogP contribution in [0.4, 0.5) is 4.79 Å². The number of nitrogens with one attached hydrogen (secondary N) is 2. The number of urea groups is 1. The highest BCUT2D eigenvalue weighted by Crippen LogP contribution is 2.40. The van der Waals surface area contributed by atoms with Crippen LogP contribution in [-0.4, -0.2) is 80.5 Å². The third-order valence-corrected chi connectivity index (χ3v) is 8.67. The number of carbonyl (C=O) groups is 1. The molecule has 9 nitrogen and oxygen atoms in total. The van der Waals surface area contributed by atoms with E-state index in [-0.39, 0.29) is 11.6 Å². The van der Waals surface area contributed by atoms with Gasteiger partial charge in [0, 0.05) is 50.7 Å². The van der Waals surface area contributed by atoms with Crippen LogP contribution in [0.3, 0.4) is 0 Å². The molecule has 0 bridgehead atoms. The van der Waals surface area contributed by atoms with E-state index in [1.54, 1.807) is 12.4 Å². The fourth-order valence-corrected chi connectivity index (χ4v) is 6.53. The molecule has 1 aromatic heterocycles. The number of unbranched alkanes of at least 4 members (excludes halogenated alkanes) is 5. The number of hydrogen-bond donors (Lipinski definition) is 3. The molecule has 3 rings (SSSR count). The van der Waals surface area contributed by atoms with E-state index in [1.807, 2.05) is 16.4 Å². The van der Waals surface area contributed by atoms with Crippen molar-refractivity contribution in [1.82, 2.24) is 24.8 Å². The number of amides is 2. The molecule has 0 spiro atoms. The van der Waals surface area contributed by atoms with Gasteiger partial charge in [0.05, 0.1) is 13.2 Å². The first-order valence-electron chi connectivity index (χ1n) is 14.2. The molecule has 2 heterocycles. The number of nitrogens with zero attached hydrogens (tertiary/aromatic N) is 3. The molecule has 1 aliphatic heterocycles. The van der Waals surface area contributed by atoms with E-state index in [1.165, 1.54) is 6.42 Å². The summed E-state index contributed by atoms with van der Waals surface area (Å²) in [4.78, 5) is 18.3. The number of aromatic nitrogens is 1. The quantitative estimate of drug-likeness (QED) is 0.204. The van der Waals surface area contributed by atoms with Crippen molar-refractivity contribution < 1.29 is 18.3 Å². The molecule has 1 aliphatic carbocycles. The first kappa shape index (κ1) is 30.0. The highest BCUT2D eigenvalue weighted by Gasteiger charge is 2.41. The number of hydrogen-bond acceptors (Lipinski definition) is 5. The summed E-state index contributed by atoms with van der Waals surface area (Å²) in [5, 5.41) is 5.77. The SMILES string of the molecule is O=C(NCCCCCCCCC1(N(CCCN2CCOCC2)S(=O)O)CCCC1)NCc1cccnc1. The average molecular weight is 538 g/mol. The number of morpholine rings is 1. The molecular formula is C27H47N5O4S. The van der Waals surface area contributed by atoms with Gasteiger partial charge in [-0.2, -0.15) is 4.31 Å². The fourth-order valence-electron chi connectivity index (χ4n) is 5.64. The molecule has 1 saturated heterocycles. The van der Waals surface area contributed by atoms with E-state index >= 15 is 0 Å². The number of rotatable bonds is 17. The lowest BCUT2D eigenvalue weighted by Gasteiger charge is -2.39. The van der Waals surface area contributed by atoms with Crippen LogP contribution in [0, 0.1) is 0 Å². The summed E-state index contributed by atoms with van der Waals surface area (Å²) >= 11 is -1.92. The highest BCUT2D eigenvalue weighted by molar-refractivity contribution is 7.76. The number of carbonyl (C=O) groups excluding carboxylic acids is 1. The second-order valence-electron chi connectivity index (χ2n) is 10.4. The Morgan fingerprint density at radius 1 is 1.08 bits per heavy atom. The number of ether oxygens (including phenoxy) is 1. The van der Waals surface area contributed by atoms with E-state index in [0.29, 0.717) is 19.6 Å². The zero-order chi connectivity index (χ0) is 26.2. The molecule has 3 N–H and O–H groups in total. The standard InChI is InChI=1S/C27H47N5O4S/c33-26(30-24-25-11-9-15-28-23-25)29-16-8-4-2-1-3-5-12-27(13-6-7-14-27)32(37(34)35)18-10-17-31-19-21-36-22-20-31/h9,11,15,23H,1-8,10,12-14,16-22,24H2,(H,34,35)(H2,29,30,33). The highest BCUT2D eigenvalue weighted by atomic mass is 32.2. The first-order valence-corrected chi connectivity index (χ1v) is 15.2. The molecule has 2 aliphatic rings. The summed E-state index contributed by atoms with van der Waals surface area (Å²) in [6, 6.07) is 3.66. The van der Waals surface area contributed by atoms with Gasteiger partial charge < -0.3 is 15.4 Å². The second kappa shape index (κ2) is 17.1. The maximum absolute atomic E-state index is 12.3. The molecule has 0 aromatic carbocycles. The predicted molar refractivity (Wildman–Crippen MR) is 147 cm³/mol. The molecule has 0 radical (unpaired) electrons. The molecule has 1 saturated carbocycles. The maximum atomic E-state index is 12.3. The van der Waals surface area contributed by atoms with Gasteiger partial charge in [0.2, 0.25) is 11.3 Å². The van der Waals surface area contributed by atoms with Crippen molar-refractivity contribution in [3.63, 3.8) is 0 Å². The van der Waals surface area contributed by atoms with Crippen LogP contribution in [0.15, 0.2) is 24.5 Å². The Balaban J connectivity index is 1.25. The Kier molecular flexibility index (Phi) is 13.8. The van der Waals surface area contributed by atoms with Gasteiger partial charge in [-0.1, -0.05) is 51.0 Å². The van der Waals surface area contributed by atoms with Crippen LogP contribution in [0.2, 0.25) is 0 Å². The molecule has 1 aromatic rings. The topological polar surface area (TPSA) is 107 Å². The van der Waals surface area contributed by atoms with Gasteiger partial charge in [-0.05, 0) is 50.3 Å². The molecule has 210 valence electrons. The van der Waals surface area contributed by atoms with Crippen LogP contribution in [0.1, 0.15) is 82.6 Å². The van der Waals surface area contributed by atoms with Gasteiger partial charge in [-0.15, -0.1) is 0 Å². The summed E-state index contributed by atoms with van der Waals surface area (Å²) in [7, 11) is 0. The van der Waals surface area contributed by atoms with Gasteiger partial charge >= 0.3 is 6.03 Å². The van der Waals surface area contributed by atoms with Crippen LogP contribution in [-0.2, 0) is 22.5 Å². The Morgan fingerprint density at radius 2 is 1.81 bits per heavy atom. The van der Waals surface area contributed by atoms with Crippen LogP contribution in [0.25, 0.3) is 0 Å². The third kappa shape index (κ3) is 11.0. The van der Waals surface area contributed by atoms with Crippen molar-refractivity contribution >= 4 is 17.3 Å². The van der Waals surface area contributed by atoms with Crippen molar-refractivity contribution in [3.05, 3.63) is 30.1 Å². The zero-order valence-electron chi connectivity index (χ0n) is 22.4. The lowest BCUT2D eigenvalue weighted by Crippen LogP contribution is -2.48. The summed E-state index contributed by atoms with van der Waals surface area (Å²) in [5.41, 5.74) is 0.871. The lowest BCUT2D eigenvalue weighted by molar-refractivity contribution is 0.0356. The third-order valence-electron chi connectivity index (χ3n) is 7.72. The first-order chi connectivity index (χ1) is 18.1. The van der Waals surface area contributed by atoms with Crippen molar-refractivity contribution in [2.24, 2.45) is 0 Å². The Labute approximate surface area is 225 Å². The second-order valence-corrected chi connectivity index (χ2v) is 11.3. The van der Waals surface area contributed by atoms with Gasteiger partial charge in [0.15, 0.2) is 0 Å². The molecule has 2 amide bonds. The van der Waals surface area contributed by atoms with Crippen molar-refractivity contribution in [2.75, 3.05) is 45.9 Å². The predicted octanol–water partition coefficient (Wildman–Crippen LogP) is 4.09. The van der Waals surface area contributed by atoms with Gasteiger partial charge in [-0.3, -0.25) is 14.4 Å². The van der Waals surface area contributed by atoms with Crippen LogP contribution in [0.5, 0.6) is 0 Å². The summed E-state index contributed by atoms with van der Waals surface area (Å²) in [6.45, 7) is 6.32. The molecule has 37 heavy (non-hydrogen) atoms. The van der Waals surface area contributed by atoms with Gasteiger partial charge in [0.1, 0.15) is 0 Å². The van der Waals surface area contributed by atoms with Crippen LogP contribution >= 0.6 is 0 Å². The van der Waals surface area contributed by atoms with Gasteiger partial charge in [-0.25, -0.2) is 9.00 Å². The zero-order valence-corrected chi connectivity index (χ0v) is 23.2.